The molecule has 1 unspecified atom stereocenters. The number of aryl methyl sites for hydroxylation is 1. The summed E-state index contributed by atoms with van der Waals surface area (Å²) in [5.41, 5.74) is 7.30. The van der Waals surface area contributed by atoms with E-state index in [-0.39, 0.29) is 0 Å². The Kier molecular flexibility index (Phi) is 3.68. The zero-order chi connectivity index (χ0) is 13.2. The van der Waals surface area contributed by atoms with E-state index in [1.165, 1.54) is 11.1 Å². The van der Waals surface area contributed by atoms with Gasteiger partial charge in [-0.3, -0.25) is 9.69 Å². The van der Waals surface area contributed by atoms with Crippen LogP contribution in [-0.4, -0.2) is 34.6 Å². The molecule has 18 heavy (non-hydrogen) atoms. The second-order valence-corrected chi connectivity index (χ2v) is 5.31. The Bertz CT molecular complexity index is 443. The minimum atomic E-state index is -1.18. The quantitative estimate of drug-likeness (QED) is 0.844. The Hall–Kier alpha value is -1.39. The van der Waals surface area contributed by atoms with Crippen molar-refractivity contribution in [2.45, 2.75) is 31.8 Å². The molecule has 0 radical (unpaired) electrons. The van der Waals surface area contributed by atoms with E-state index in [0.717, 1.165) is 25.9 Å². The van der Waals surface area contributed by atoms with E-state index in [0.29, 0.717) is 6.54 Å². The highest BCUT2D eigenvalue weighted by Gasteiger charge is 2.31. The summed E-state index contributed by atoms with van der Waals surface area (Å²) < 4.78 is 0. The number of carboxylic acid groups (broad SMARTS) is 1. The smallest absolute Gasteiger partial charge is 0.324 e. The predicted octanol–water partition coefficient (Wildman–Crippen LogP) is 1.24. The molecular weight excluding hydrogens is 228 g/mol. The van der Waals surface area contributed by atoms with Crippen molar-refractivity contribution in [3.05, 3.63) is 35.4 Å². The highest BCUT2D eigenvalue weighted by Crippen LogP contribution is 2.19. The van der Waals surface area contributed by atoms with Gasteiger partial charge in [-0.25, -0.2) is 0 Å². The van der Waals surface area contributed by atoms with E-state index in [9.17, 15) is 4.79 Å². The Morgan fingerprint density at radius 3 is 2.78 bits per heavy atom. The maximum Gasteiger partial charge on any atom is 0.324 e. The number of nitrogens with two attached hydrogens (primary N) is 1. The number of nitrogens with zero attached hydrogens (tertiary/aromatic N) is 1. The summed E-state index contributed by atoms with van der Waals surface area (Å²) in [5, 5.41) is 9.09. The third kappa shape index (κ3) is 2.89. The second kappa shape index (κ2) is 5.08. The lowest BCUT2D eigenvalue weighted by Crippen LogP contribution is -2.53. The summed E-state index contributed by atoms with van der Waals surface area (Å²) in [4.78, 5) is 13.2. The number of benzene rings is 1. The average molecular weight is 248 g/mol. The minimum absolute atomic E-state index is 0.386. The van der Waals surface area contributed by atoms with Gasteiger partial charge in [-0.1, -0.05) is 24.3 Å². The van der Waals surface area contributed by atoms with E-state index in [1.54, 1.807) is 6.92 Å². The summed E-state index contributed by atoms with van der Waals surface area (Å²) in [6, 6.07) is 8.35. The Labute approximate surface area is 107 Å². The molecule has 0 aliphatic carbocycles. The third-order valence-corrected chi connectivity index (χ3v) is 3.47. The normalized spacial score (nSPS) is 19.7. The van der Waals surface area contributed by atoms with Gasteiger partial charge >= 0.3 is 5.97 Å². The van der Waals surface area contributed by atoms with E-state index in [2.05, 4.69) is 23.1 Å². The number of hydrogen-bond donors (Lipinski definition) is 2. The molecular formula is C14H20N2O2. The van der Waals surface area contributed by atoms with Gasteiger partial charge in [0.2, 0.25) is 0 Å². The van der Waals surface area contributed by atoms with Crippen LogP contribution in [0.5, 0.6) is 0 Å². The van der Waals surface area contributed by atoms with Crippen LogP contribution in [0.25, 0.3) is 0 Å². The van der Waals surface area contributed by atoms with Gasteiger partial charge < -0.3 is 10.8 Å². The Morgan fingerprint density at radius 2 is 2.11 bits per heavy atom. The fourth-order valence-electron chi connectivity index (χ4n) is 2.44. The van der Waals surface area contributed by atoms with Crippen molar-refractivity contribution < 1.29 is 9.90 Å². The lowest BCUT2D eigenvalue weighted by atomic mass is 10.0. The molecule has 0 fully saturated rings. The summed E-state index contributed by atoms with van der Waals surface area (Å²) >= 11 is 0. The first-order chi connectivity index (χ1) is 8.49. The molecule has 1 aromatic rings. The van der Waals surface area contributed by atoms with E-state index in [1.807, 2.05) is 6.07 Å². The standard InChI is InChI=1S/C14H20N2O2/c1-14(15,13(17)18)10-16-8-4-7-11-5-2-3-6-12(11)9-16/h2-3,5-6H,4,7-10,15H2,1H3,(H,17,18). The number of fused-ring (bicyclic) bond motifs is 1. The van der Waals surface area contributed by atoms with Crippen molar-refractivity contribution in [1.29, 1.82) is 0 Å². The van der Waals surface area contributed by atoms with Crippen molar-refractivity contribution >= 4 is 5.97 Å². The van der Waals surface area contributed by atoms with Crippen molar-refractivity contribution in [3.63, 3.8) is 0 Å². The molecule has 0 saturated heterocycles. The maximum atomic E-state index is 11.1. The first kappa shape index (κ1) is 13.1. The maximum absolute atomic E-state index is 11.1. The first-order valence-electron chi connectivity index (χ1n) is 6.30. The molecule has 1 aliphatic heterocycles. The fourth-order valence-corrected chi connectivity index (χ4v) is 2.44. The third-order valence-electron chi connectivity index (χ3n) is 3.47. The topological polar surface area (TPSA) is 66.6 Å². The number of carbonyl (C=O) groups is 1. The molecule has 0 spiro atoms. The van der Waals surface area contributed by atoms with Crippen LogP contribution in [0.3, 0.4) is 0 Å². The predicted molar refractivity (Wildman–Crippen MR) is 70.3 cm³/mol. The molecule has 98 valence electrons. The van der Waals surface area contributed by atoms with Crippen LogP contribution in [0.2, 0.25) is 0 Å². The molecule has 1 atom stereocenters. The van der Waals surface area contributed by atoms with Crippen LogP contribution in [0.1, 0.15) is 24.5 Å². The minimum Gasteiger partial charge on any atom is -0.480 e. The summed E-state index contributed by atoms with van der Waals surface area (Å²) in [6.45, 7) is 3.65. The number of aliphatic carboxylic acids is 1. The molecule has 4 heteroatoms. The van der Waals surface area contributed by atoms with E-state index < -0.39 is 11.5 Å². The molecule has 2 rings (SSSR count). The number of rotatable bonds is 3. The molecule has 0 aromatic heterocycles. The zero-order valence-electron chi connectivity index (χ0n) is 10.7. The van der Waals surface area contributed by atoms with Crippen molar-refractivity contribution in [1.82, 2.24) is 4.90 Å². The SMILES string of the molecule is CC(N)(CN1CCCc2ccccc2C1)C(=O)O. The van der Waals surface area contributed by atoms with Gasteiger partial charge in [-0.2, -0.15) is 0 Å². The summed E-state index contributed by atoms with van der Waals surface area (Å²) in [7, 11) is 0. The van der Waals surface area contributed by atoms with Gasteiger partial charge in [0.25, 0.3) is 0 Å². The molecule has 0 bridgehead atoms. The molecule has 3 N–H and O–H groups in total. The van der Waals surface area contributed by atoms with Crippen LogP contribution in [0.15, 0.2) is 24.3 Å². The Morgan fingerprint density at radius 1 is 1.44 bits per heavy atom. The van der Waals surface area contributed by atoms with Crippen LogP contribution in [-0.2, 0) is 17.8 Å². The molecule has 1 heterocycles. The van der Waals surface area contributed by atoms with Crippen LogP contribution < -0.4 is 5.73 Å². The van der Waals surface area contributed by atoms with Crippen molar-refractivity contribution in [2.24, 2.45) is 5.73 Å². The van der Waals surface area contributed by atoms with Gasteiger partial charge in [0, 0.05) is 13.1 Å². The monoisotopic (exact) mass is 248 g/mol. The molecule has 0 saturated carbocycles. The average Bonchev–Trinajstić information content (AvgIpc) is 2.49. The lowest BCUT2D eigenvalue weighted by Gasteiger charge is -2.28. The van der Waals surface area contributed by atoms with Crippen LogP contribution >= 0.6 is 0 Å². The lowest BCUT2D eigenvalue weighted by molar-refractivity contribution is -0.143. The second-order valence-electron chi connectivity index (χ2n) is 5.31. The number of hydrogen-bond acceptors (Lipinski definition) is 3. The number of carboxylic acids is 1. The fraction of sp³-hybridized carbons (Fsp3) is 0.500. The van der Waals surface area contributed by atoms with Gasteiger partial charge in [0.05, 0.1) is 0 Å². The largest absolute Gasteiger partial charge is 0.480 e. The van der Waals surface area contributed by atoms with Crippen molar-refractivity contribution in [2.75, 3.05) is 13.1 Å². The highest BCUT2D eigenvalue weighted by atomic mass is 16.4. The molecule has 1 aromatic carbocycles. The van der Waals surface area contributed by atoms with Crippen LogP contribution in [0, 0.1) is 0 Å². The zero-order valence-corrected chi connectivity index (χ0v) is 10.7. The molecule has 1 aliphatic rings. The molecule has 0 amide bonds. The Balaban J connectivity index is 2.11. The first-order valence-corrected chi connectivity index (χ1v) is 6.30. The summed E-state index contributed by atoms with van der Waals surface area (Å²) in [5.74, 6) is -0.944. The van der Waals surface area contributed by atoms with Crippen molar-refractivity contribution in [3.8, 4) is 0 Å². The van der Waals surface area contributed by atoms with E-state index in [4.69, 9.17) is 10.8 Å². The molecule has 4 nitrogen and oxygen atoms in total. The van der Waals surface area contributed by atoms with Gasteiger partial charge in [-0.15, -0.1) is 0 Å². The van der Waals surface area contributed by atoms with Crippen LogP contribution in [0.4, 0.5) is 0 Å². The van der Waals surface area contributed by atoms with E-state index >= 15 is 0 Å². The summed E-state index contributed by atoms with van der Waals surface area (Å²) in [6.07, 6.45) is 2.10. The van der Waals surface area contributed by atoms with Gasteiger partial charge in [-0.05, 0) is 37.4 Å². The van der Waals surface area contributed by atoms with Gasteiger partial charge in [0.1, 0.15) is 5.54 Å². The van der Waals surface area contributed by atoms with Gasteiger partial charge in [0.15, 0.2) is 0 Å². The highest BCUT2D eigenvalue weighted by molar-refractivity contribution is 5.78.